The molecule has 1 saturated heterocycles. The van der Waals surface area contributed by atoms with Gasteiger partial charge in [0.1, 0.15) is 11.4 Å². The van der Waals surface area contributed by atoms with E-state index >= 15 is 0 Å². The van der Waals surface area contributed by atoms with Crippen LogP contribution in [0.4, 0.5) is 10.1 Å². The van der Waals surface area contributed by atoms with Crippen LogP contribution in [-0.2, 0) is 19.1 Å². The molecule has 0 spiro atoms. The van der Waals surface area contributed by atoms with Crippen LogP contribution in [0.5, 0.6) is 0 Å². The van der Waals surface area contributed by atoms with Gasteiger partial charge >= 0.3 is 11.9 Å². The van der Waals surface area contributed by atoms with E-state index in [1.54, 1.807) is 12.1 Å². The molecule has 1 fully saturated rings. The van der Waals surface area contributed by atoms with E-state index < -0.39 is 23.5 Å². The Morgan fingerprint density at radius 1 is 1.19 bits per heavy atom. The van der Waals surface area contributed by atoms with Crippen molar-refractivity contribution in [3.8, 4) is 0 Å². The fourth-order valence-electron chi connectivity index (χ4n) is 1.57. The zero-order valence-corrected chi connectivity index (χ0v) is 11.4. The standard InChI is InChI=1S/C14H13FN2O4/c1-14(2)20-12(18)9(13(19)21-14)7-8-16-17-11-6-4-3-5-10(11)15/h3-8,17H,1-2H3. The quantitative estimate of drug-likeness (QED) is 0.303. The van der Waals surface area contributed by atoms with Crippen LogP contribution in [0.1, 0.15) is 13.8 Å². The molecule has 1 aromatic rings. The van der Waals surface area contributed by atoms with Crippen molar-refractivity contribution >= 4 is 23.8 Å². The number of para-hydroxylation sites is 1. The lowest BCUT2D eigenvalue weighted by molar-refractivity contribution is -0.222. The highest BCUT2D eigenvalue weighted by molar-refractivity contribution is 6.17. The molecule has 2 rings (SSSR count). The minimum absolute atomic E-state index is 0.169. The van der Waals surface area contributed by atoms with Gasteiger partial charge in [0.15, 0.2) is 0 Å². The molecule has 1 aromatic carbocycles. The highest BCUT2D eigenvalue weighted by atomic mass is 19.1. The molecule has 1 aliphatic heterocycles. The molecule has 6 nitrogen and oxygen atoms in total. The Morgan fingerprint density at radius 3 is 2.43 bits per heavy atom. The number of rotatable bonds is 3. The fourth-order valence-corrected chi connectivity index (χ4v) is 1.57. The van der Waals surface area contributed by atoms with Crippen LogP contribution >= 0.6 is 0 Å². The van der Waals surface area contributed by atoms with Gasteiger partial charge in [-0.15, -0.1) is 0 Å². The first kappa shape index (κ1) is 14.7. The van der Waals surface area contributed by atoms with Crippen molar-refractivity contribution in [3.05, 3.63) is 41.7 Å². The predicted octanol–water partition coefficient (Wildman–Crippen LogP) is 1.99. The van der Waals surface area contributed by atoms with E-state index in [1.165, 1.54) is 26.0 Å². The SMILES string of the molecule is CC1(C)OC(=O)C(=CC=NNc2ccccc2F)C(=O)O1. The Labute approximate surface area is 120 Å². The van der Waals surface area contributed by atoms with Crippen molar-refractivity contribution in [1.29, 1.82) is 0 Å². The van der Waals surface area contributed by atoms with Crippen molar-refractivity contribution in [2.75, 3.05) is 5.43 Å². The zero-order chi connectivity index (χ0) is 15.5. The molecule has 1 aliphatic rings. The van der Waals surface area contributed by atoms with Crippen LogP contribution in [0.2, 0.25) is 0 Å². The Kier molecular flexibility index (Phi) is 4.02. The number of benzene rings is 1. The molecule has 0 bridgehead atoms. The van der Waals surface area contributed by atoms with E-state index in [0.29, 0.717) is 0 Å². The van der Waals surface area contributed by atoms with Crippen LogP contribution in [0, 0.1) is 5.82 Å². The van der Waals surface area contributed by atoms with E-state index in [4.69, 9.17) is 9.47 Å². The summed E-state index contributed by atoms with van der Waals surface area (Å²) in [7, 11) is 0. The number of hydrogen-bond donors (Lipinski definition) is 1. The maximum absolute atomic E-state index is 13.3. The first-order valence-electron chi connectivity index (χ1n) is 6.09. The Bertz CT molecular complexity index is 616. The van der Waals surface area contributed by atoms with Gasteiger partial charge in [0.25, 0.3) is 5.79 Å². The lowest BCUT2D eigenvalue weighted by Crippen LogP contribution is -2.41. The molecule has 0 saturated carbocycles. The van der Waals surface area contributed by atoms with E-state index in [9.17, 15) is 14.0 Å². The monoisotopic (exact) mass is 292 g/mol. The summed E-state index contributed by atoms with van der Waals surface area (Å²) in [5, 5.41) is 3.69. The van der Waals surface area contributed by atoms with Crippen LogP contribution in [0.25, 0.3) is 0 Å². The topological polar surface area (TPSA) is 77.0 Å². The second kappa shape index (κ2) is 5.74. The number of carbonyl (C=O) groups excluding carboxylic acids is 2. The van der Waals surface area contributed by atoms with Crippen molar-refractivity contribution in [2.24, 2.45) is 5.10 Å². The van der Waals surface area contributed by atoms with Crippen molar-refractivity contribution in [1.82, 2.24) is 0 Å². The number of anilines is 1. The van der Waals surface area contributed by atoms with Gasteiger partial charge in [0.05, 0.1) is 5.69 Å². The molecule has 1 N–H and O–H groups in total. The summed E-state index contributed by atoms with van der Waals surface area (Å²) in [5.41, 5.74) is 2.33. The van der Waals surface area contributed by atoms with Gasteiger partial charge in [-0.05, 0) is 18.2 Å². The molecule has 7 heteroatoms. The van der Waals surface area contributed by atoms with Gasteiger partial charge in [-0.1, -0.05) is 12.1 Å². The first-order chi connectivity index (χ1) is 9.89. The number of hydrogen-bond acceptors (Lipinski definition) is 6. The number of carbonyl (C=O) groups is 2. The number of nitrogens with one attached hydrogen (secondary N) is 1. The van der Waals surface area contributed by atoms with Crippen LogP contribution in [0.15, 0.2) is 41.0 Å². The molecular formula is C14H13FN2O4. The van der Waals surface area contributed by atoms with E-state index in [1.807, 2.05) is 0 Å². The summed E-state index contributed by atoms with van der Waals surface area (Å²) in [6.45, 7) is 2.90. The minimum Gasteiger partial charge on any atom is -0.419 e. The predicted molar refractivity (Wildman–Crippen MR) is 72.9 cm³/mol. The lowest BCUT2D eigenvalue weighted by atomic mass is 10.2. The molecule has 0 radical (unpaired) electrons. The van der Waals surface area contributed by atoms with Gasteiger partial charge in [-0.3, -0.25) is 5.43 Å². The molecule has 0 unspecified atom stereocenters. The Morgan fingerprint density at radius 2 is 1.81 bits per heavy atom. The second-order valence-corrected chi connectivity index (χ2v) is 4.63. The number of cyclic esters (lactones) is 2. The smallest absolute Gasteiger partial charge is 0.348 e. The van der Waals surface area contributed by atoms with Crippen molar-refractivity contribution < 1.29 is 23.5 Å². The summed E-state index contributed by atoms with van der Waals surface area (Å²) in [4.78, 5) is 23.2. The summed E-state index contributed by atoms with van der Waals surface area (Å²) in [6.07, 6.45) is 2.27. The van der Waals surface area contributed by atoms with Crippen LogP contribution < -0.4 is 5.43 Å². The summed E-state index contributed by atoms with van der Waals surface area (Å²) < 4.78 is 23.1. The average molecular weight is 292 g/mol. The molecule has 21 heavy (non-hydrogen) atoms. The largest absolute Gasteiger partial charge is 0.419 e. The lowest BCUT2D eigenvalue weighted by Gasteiger charge is -2.29. The molecule has 110 valence electrons. The fraction of sp³-hybridized carbons (Fsp3) is 0.214. The normalized spacial score (nSPS) is 17.4. The number of halogens is 1. The van der Waals surface area contributed by atoms with Gasteiger partial charge in [-0.2, -0.15) is 5.10 Å². The average Bonchev–Trinajstić information content (AvgIpc) is 2.37. The summed E-state index contributed by atoms with van der Waals surface area (Å²) in [6, 6.07) is 5.94. The maximum atomic E-state index is 13.3. The molecule has 0 amide bonds. The Balaban J connectivity index is 2.04. The van der Waals surface area contributed by atoms with Gasteiger partial charge in [0.2, 0.25) is 0 Å². The Hall–Kier alpha value is -2.70. The number of nitrogens with zero attached hydrogens (tertiary/aromatic N) is 1. The molecule has 0 aromatic heterocycles. The van der Waals surface area contributed by atoms with Gasteiger partial charge < -0.3 is 9.47 Å². The third-order valence-electron chi connectivity index (χ3n) is 2.49. The van der Waals surface area contributed by atoms with E-state index in [2.05, 4.69) is 10.5 Å². The summed E-state index contributed by atoms with van der Waals surface area (Å²) >= 11 is 0. The van der Waals surface area contributed by atoms with E-state index in [0.717, 1.165) is 12.3 Å². The van der Waals surface area contributed by atoms with Gasteiger partial charge in [-0.25, -0.2) is 14.0 Å². The number of hydrazone groups is 1. The highest BCUT2D eigenvalue weighted by Crippen LogP contribution is 2.22. The maximum Gasteiger partial charge on any atom is 0.348 e. The summed E-state index contributed by atoms with van der Waals surface area (Å²) in [5.74, 6) is -3.35. The minimum atomic E-state index is -1.28. The second-order valence-electron chi connectivity index (χ2n) is 4.63. The van der Waals surface area contributed by atoms with Crippen LogP contribution in [0.3, 0.4) is 0 Å². The zero-order valence-electron chi connectivity index (χ0n) is 11.4. The number of esters is 2. The molecule has 0 atom stereocenters. The van der Waals surface area contributed by atoms with E-state index in [-0.39, 0.29) is 11.3 Å². The van der Waals surface area contributed by atoms with Crippen molar-refractivity contribution in [2.45, 2.75) is 19.6 Å². The number of ether oxygens (including phenoxy) is 2. The third-order valence-corrected chi connectivity index (χ3v) is 2.49. The highest BCUT2D eigenvalue weighted by Gasteiger charge is 2.38. The molecule has 0 aliphatic carbocycles. The van der Waals surface area contributed by atoms with Crippen molar-refractivity contribution in [3.63, 3.8) is 0 Å². The first-order valence-corrected chi connectivity index (χ1v) is 6.09. The van der Waals surface area contributed by atoms with Gasteiger partial charge in [0, 0.05) is 20.1 Å². The van der Waals surface area contributed by atoms with Crippen LogP contribution in [-0.4, -0.2) is 23.9 Å². The third kappa shape index (κ3) is 3.65. The number of allylic oxidation sites excluding steroid dienone is 1. The molecular weight excluding hydrogens is 279 g/mol. The molecule has 1 heterocycles.